The van der Waals surface area contributed by atoms with Gasteiger partial charge in [-0.15, -0.1) is 0 Å². The van der Waals surface area contributed by atoms with E-state index in [1.807, 2.05) is 0 Å². The Morgan fingerprint density at radius 1 is 1.16 bits per heavy atom. The topological polar surface area (TPSA) is 21.3 Å². The van der Waals surface area contributed by atoms with Crippen molar-refractivity contribution in [3.63, 3.8) is 0 Å². The monoisotopic (exact) mass is 263 g/mol. The SMILES string of the molecule is CCC(C)c1ccc(NC(C)CC(C)(C)OC)cc1. The average molecular weight is 263 g/mol. The van der Waals surface area contributed by atoms with Crippen molar-refractivity contribution in [2.75, 3.05) is 12.4 Å². The molecular weight excluding hydrogens is 234 g/mol. The third-order valence-corrected chi connectivity index (χ3v) is 3.86. The summed E-state index contributed by atoms with van der Waals surface area (Å²) in [6.45, 7) is 10.9. The summed E-state index contributed by atoms with van der Waals surface area (Å²) in [6, 6.07) is 9.20. The maximum absolute atomic E-state index is 5.47. The van der Waals surface area contributed by atoms with Crippen molar-refractivity contribution in [1.29, 1.82) is 0 Å². The van der Waals surface area contributed by atoms with Crippen LogP contribution in [0.15, 0.2) is 24.3 Å². The Labute approximate surface area is 118 Å². The van der Waals surface area contributed by atoms with Gasteiger partial charge in [0.05, 0.1) is 5.60 Å². The summed E-state index contributed by atoms with van der Waals surface area (Å²) in [6.07, 6.45) is 2.17. The molecular formula is C17H29NO. The zero-order valence-corrected chi connectivity index (χ0v) is 13.3. The molecule has 0 radical (unpaired) electrons. The first-order valence-electron chi connectivity index (χ1n) is 7.29. The number of benzene rings is 1. The molecule has 1 aromatic carbocycles. The van der Waals surface area contributed by atoms with Crippen LogP contribution in [0.4, 0.5) is 5.69 Å². The maximum Gasteiger partial charge on any atom is 0.0642 e. The van der Waals surface area contributed by atoms with Crippen LogP contribution in [0.2, 0.25) is 0 Å². The second-order valence-corrected chi connectivity index (χ2v) is 6.14. The van der Waals surface area contributed by atoms with Gasteiger partial charge in [-0.25, -0.2) is 0 Å². The van der Waals surface area contributed by atoms with Gasteiger partial charge in [0.1, 0.15) is 0 Å². The normalized spacial score (nSPS) is 15.1. The van der Waals surface area contributed by atoms with Crippen molar-refractivity contribution in [1.82, 2.24) is 0 Å². The summed E-state index contributed by atoms with van der Waals surface area (Å²) in [5.74, 6) is 0.638. The van der Waals surface area contributed by atoms with Crippen molar-refractivity contribution >= 4 is 5.69 Å². The highest BCUT2D eigenvalue weighted by molar-refractivity contribution is 5.45. The Morgan fingerprint density at radius 3 is 2.21 bits per heavy atom. The van der Waals surface area contributed by atoms with Gasteiger partial charge in [-0.05, 0) is 57.2 Å². The Balaban J connectivity index is 2.58. The lowest BCUT2D eigenvalue weighted by molar-refractivity contribution is 0.0128. The van der Waals surface area contributed by atoms with Crippen molar-refractivity contribution in [2.45, 2.75) is 65.0 Å². The fourth-order valence-corrected chi connectivity index (χ4v) is 2.30. The van der Waals surface area contributed by atoms with E-state index in [2.05, 4.69) is 64.2 Å². The van der Waals surface area contributed by atoms with Gasteiger partial charge in [0.2, 0.25) is 0 Å². The number of rotatable bonds is 7. The van der Waals surface area contributed by atoms with Crippen LogP contribution in [-0.4, -0.2) is 18.8 Å². The fraction of sp³-hybridized carbons (Fsp3) is 0.647. The summed E-state index contributed by atoms with van der Waals surface area (Å²) in [4.78, 5) is 0. The van der Waals surface area contributed by atoms with Crippen LogP contribution in [-0.2, 0) is 4.74 Å². The van der Waals surface area contributed by atoms with Crippen molar-refractivity contribution in [3.05, 3.63) is 29.8 Å². The minimum Gasteiger partial charge on any atom is -0.382 e. The average Bonchev–Trinajstić information content (AvgIpc) is 2.38. The van der Waals surface area contributed by atoms with Crippen molar-refractivity contribution in [2.24, 2.45) is 0 Å². The standard InChI is InChI=1S/C17H29NO/c1-7-13(2)15-8-10-16(11-9-15)18-14(3)12-17(4,5)19-6/h8-11,13-14,18H,7,12H2,1-6H3. The number of hydrogen-bond donors (Lipinski definition) is 1. The van der Waals surface area contributed by atoms with Gasteiger partial charge < -0.3 is 10.1 Å². The first-order valence-corrected chi connectivity index (χ1v) is 7.29. The van der Waals surface area contributed by atoms with Gasteiger partial charge in [0.15, 0.2) is 0 Å². The van der Waals surface area contributed by atoms with Crippen molar-refractivity contribution in [3.8, 4) is 0 Å². The van der Waals surface area contributed by atoms with Crippen LogP contribution >= 0.6 is 0 Å². The van der Waals surface area contributed by atoms with Gasteiger partial charge in [0.25, 0.3) is 0 Å². The van der Waals surface area contributed by atoms with Crippen LogP contribution in [0.25, 0.3) is 0 Å². The van der Waals surface area contributed by atoms with E-state index in [9.17, 15) is 0 Å². The molecule has 2 heteroatoms. The number of ether oxygens (including phenoxy) is 1. The number of methoxy groups -OCH3 is 1. The molecule has 108 valence electrons. The van der Waals surface area contributed by atoms with Gasteiger partial charge in [-0.1, -0.05) is 26.0 Å². The van der Waals surface area contributed by atoms with E-state index in [0.29, 0.717) is 12.0 Å². The predicted molar refractivity (Wildman–Crippen MR) is 83.9 cm³/mol. The molecule has 1 rings (SSSR count). The second-order valence-electron chi connectivity index (χ2n) is 6.14. The number of nitrogens with one attached hydrogen (secondary N) is 1. The van der Waals surface area contributed by atoms with Gasteiger partial charge in [0, 0.05) is 18.8 Å². The molecule has 0 fully saturated rings. The largest absolute Gasteiger partial charge is 0.382 e. The van der Waals surface area contributed by atoms with E-state index < -0.39 is 0 Å². The molecule has 2 unspecified atom stereocenters. The zero-order chi connectivity index (χ0) is 14.5. The molecule has 0 amide bonds. The first kappa shape index (κ1) is 16.0. The third-order valence-electron chi connectivity index (χ3n) is 3.86. The molecule has 19 heavy (non-hydrogen) atoms. The molecule has 1 N–H and O–H groups in total. The van der Waals surface area contributed by atoms with Crippen LogP contribution < -0.4 is 5.32 Å². The molecule has 0 aliphatic rings. The molecule has 0 saturated carbocycles. The molecule has 1 aromatic rings. The van der Waals surface area contributed by atoms with Crippen LogP contribution in [0.1, 0.15) is 58.9 Å². The Kier molecular flexibility index (Phi) is 5.86. The second kappa shape index (κ2) is 6.95. The Bertz CT molecular complexity index is 369. The van der Waals surface area contributed by atoms with Gasteiger partial charge in [-0.2, -0.15) is 0 Å². The predicted octanol–water partition coefficient (Wildman–Crippen LogP) is 4.82. The molecule has 0 saturated heterocycles. The summed E-state index contributed by atoms with van der Waals surface area (Å²) in [5, 5.41) is 3.54. The van der Waals surface area contributed by atoms with E-state index in [4.69, 9.17) is 4.74 Å². The summed E-state index contributed by atoms with van der Waals surface area (Å²) in [5.41, 5.74) is 2.52. The van der Waals surface area contributed by atoms with E-state index in [-0.39, 0.29) is 5.60 Å². The smallest absolute Gasteiger partial charge is 0.0642 e. The van der Waals surface area contributed by atoms with E-state index in [1.165, 1.54) is 17.7 Å². The molecule has 0 spiro atoms. The lowest BCUT2D eigenvalue weighted by Gasteiger charge is -2.27. The highest BCUT2D eigenvalue weighted by atomic mass is 16.5. The lowest BCUT2D eigenvalue weighted by atomic mass is 9.98. The molecule has 2 nitrogen and oxygen atoms in total. The van der Waals surface area contributed by atoms with Gasteiger partial charge >= 0.3 is 0 Å². The number of anilines is 1. The molecule has 0 aliphatic carbocycles. The Hall–Kier alpha value is -1.02. The molecule has 0 aliphatic heterocycles. The van der Waals surface area contributed by atoms with Crippen LogP contribution in [0.5, 0.6) is 0 Å². The molecule has 2 atom stereocenters. The minimum absolute atomic E-state index is 0.0803. The van der Waals surface area contributed by atoms with E-state index >= 15 is 0 Å². The zero-order valence-electron chi connectivity index (χ0n) is 13.3. The summed E-state index contributed by atoms with van der Waals surface area (Å²) >= 11 is 0. The molecule has 0 aromatic heterocycles. The molecule has 0 heterocycles. The van der Waals surface area contributed by atoms with E-state index in [0.717, 1.165) is 6.42 Å². The molecule has 0 bridgehead atoms. The van der Waals surface area contributed by atoms with E-state index in [1.54, 1.807) is 7.11 Å². The van der Waals surface area contributed by atoms with Crippen LogP contribution in [0.3, 0.4) is 0 Å². The first-order chi connectivity index (χ1) is 8.88. The van der Waals surface area contributed by atoms with Crippen molar-refractivity contribution < 1.29 is 4.74 Å². The fourth-order valence-electron chi connectivity index (χ4n) is 2.30. The quantitative estimate of drug-likeness (QED) is 0.762. The summed E-state index contributed by atoms with van der Waals surface area (Å²) < 4.78 is 5.47. The Morgan fingerprint density at radius 2 is 1.74 bits per heavy atom. The highest BCUT2D eigenvalue weighted by Gasteiger charge is 2.19. The lowest BCUT2D eigenvalue weighted by Crippen LogP contribution is -2.31. The van der Waals surface area contributed by atoms with Crippen LogP contribution in [0, 0.1) is 0 Å². The third kappa shape index (κ3) is 5.23. The highest BCUT2D eigenvalue weighted by Crippen LogP contribution is 2.22. The summed E-state index contributed by atoms with van der Waals surface area (Å²) in [7, 11) is 1.77. The van der Waals surface area contributed by atoms with Gasteiger partial charge in [-0.3, -0.25) is 0 Å². The maximum atomic E-state index is 5.47. The number of hydrogen-bond acceptors (Lipinski definition) is 2. The minimum atomic E-state index is -0.0803.